The van der Waals surface area contributed by atoms with Crippen molar-refractivity contribution in [3.05, 3.63) is 70.2 Å². The number of H-pyrrole nitrogens is 2. The summed E-state index contributed by atoms with van der Waals surface area (Å²) in [5, 5.41) is 19.2. The van der Waals surface area contributed by atoms with Gasteiger partial charge in [-0.05, 0) is 45.2 Å². The minimum Gasteiger partial charge on any atom is -0.434 e. The van der Waals surface area contributed by atoms with Crippen LogP contribution in [0.1, 0.15) is 49.6 Å². The van der Waals surface area contributed by atoms with Gasteiger partial charge in [0.1, 0.15) is 6.07 Å². The van der Waals surface area contributed by atoms with E-state index in [4.69, 9.17) is 37.9 Å². The predicted molar refractivity (Wildman–Crippen MR) is 122 cm³/mol. The van der Waals surface area contributed by atoms with Crippen molar-refractivity contribution in [1.82, 2.24) is 25.0 Å². The van der Waals surface area contributed by atoms with Gasteiger partial charge in [0.2, 0.25) is 11.6 Å². The molecule has 0 amide bonds. The first-order chi connectivity index (χ1) is 16.2. The zero-order valence-corrected chi connectivity index (χ0v) is 19.5. The molecule has 0 bridgehead atoms. The molecule has 2 heterocycles. The quantitative estimate of drug-likeness (QED) is 0.536. The van der Waals surface area contributed by atoms with Crippen LogP contribution in [0.3, 0.4) is 0 Å². The number of aromatic nitrogens is 5. The van der Waals surface area contributed by atoms with Gasteiger partial charge in [-0.3, -0.25) is 14.6 Å². The molecular weight excluding hydrogens is 487 g/mol. The van der Waals surface area contributed by atoms with Gasteiger partial charge in [-0.15, -0.1) is 10.2 Å². The van der Waals surface area contributed by atoms with E-state index in [0.29, 0.717) is 24.0 Å². The van der Waals surface area contributed by atoms with E-state index in [2.05, 4.69) is 15.3 Å². The summed E-state index contributed by atoms with van der Waals surface area (Å²) in [5.41, 5.74) is -1.48. The fourth-order valence-corrected chi connectivity index (χ4v) is 4.29. The maximum absolute atomic E-state index is 12.5. The maximum atomic E-state index is 12.5. The second kappa shape index (κ2) is 9.42. The van der Waals surface area contributed by atoms with E-state index in [1.54, 1.807) is 6.07 Å². The molecule has 0 aliphatic heterocycles. The third-order valence-corrected chi connectivity index (χ3v) is 5.66. The second-order valence-corrected chi connectivity index (χ2v) is 8.60. The highest BCUT2D eigenvalue weighted by Crippen LogP contribution is 2.41. The summed E-state index contributed by atoms with van der Waals surface area (Å²) in [5.74, 6) is 0.174. The van der Waals surface area contributed by atoms with Crippen LogP contribution >= 0.6 is 23.2 Å². The summed E-state index contributed by atoms with van der Waals surface area (Å²) in [7, 11) is 0. The first-order valence-corrected chi connectivity index (χ1v) is 11.0. The lowest BCUT2D eigenvalue weighted by molar-refractivity contribution is -0.00419. The molecule has 3 aromatic rings. The summed E-state index contributed by atoms with van der Waals surface area (Å²) in [6, 6.07) is 4.27. The number of halogens is 2. The summed E-state index contributed by atoms with van der Waals surface area (Å²) >= 11 is 12.8. The Morgan fingerprint density at radius 2 is 1.91 bits per heavy atom. The van der Waals surface area contributed by atoms with Crippen LogP contribution in [0, 0.1) is 11.3 Å². The Kier molecular flexibility index (Phi) is 6.56. The normalized spacial score (nSPS) is 15.1. The van der Waals surface area contributed by atoms with E-state index in [0.717, 1.165) is 11.1 Å². The minimum atomic E-state index is -0.908. The number of benzene rings is 1. The predicted octanol–water partition coefficient (Wildman–Crippen LogP) is 2.78. The Labute approximate surface area is 201 Å². The molecule has 0 fully saturated rings. The average molecular weight is 505 g/mol. The number of aromatic amines is 2. The lowest BCUT2D eigenvalue weighted by Gasteiger charge is -2.27. The average Bonchev–Trinajstić information content (AvgIpc) is 2.77. The highest BCUT2D eigenvalue weighted by molar-refractivity contribution is 6.37. The van der Waals surface area contributed by atoms with Gasteiger partial charge in [0, 0.05) is 5.56 Å². The van der Waals surface area contributed by atoms with E-state index < -0.39 is 23.0 Å². The second-order valence-electron chi connectivity index (χ2n) is 7.79. The maximum Gasteiger partial charge on any atom is 0.349 e. The van der Waals surface area contributed by atoms with E-state index >= 15 is 0 Å². The van der Waals surface area contributed by atoms with Gasteiger partial charge in [-0.2, -0.15) is 9.94 Å². The molecule has 176 valence electrons. The third kappa shape index (κ3) is 4.48. The molecule has 13 heteroatoms. The summed E-state index contributed by atoms with van der Waals surface area (Å²) in [6.45, 7) is 3.79. The number of ether oxygens (including phenoxy) is 2. The summed E-state index contributed by atoms with van der Waals surface area (Å²) < 4.78 is 12.6. The van der Waals surface area contributed by atoms with Crippen LogP contribution in [0.15, 0.2) is 26.5 Å². The van der Waals surface area contributed by atoms with Gasteiger partial charge in [0.15, 0.2) is 5.75 Å². The van der Waals surface area contributed by atoms with Crippen molar-refractivity contribution in [3.8, 4) is 23.4 Å². The Morgan fingerprint density at radius 3 is 2.56 bits per heavy atom. The Morgan fingerprint density at radius 1 is 1.21 bits per heavy atom. The SMILES string of the molecule is CC(C)O[C@H]1CCCc2c(Oc3c(Cl)cc(-n4nc(C#N)c(=O)[nH]c4=O)cc3Cl)n[nH]c(=O)c21. The molecule has 4 rings (SSSR count). The number of nitriles is 1. The van der Waals surface area contributed by atoms with Gasteiger partial charge in [0.05, 0.1) is 33.5 Å². The molecule has 0 saturated carbocycles. The van der Waals surface area contributed by atoms with Crippen LogP contribution < -0.4 is 21.5 Å². The van der Waals surface area contributed by atoms with Crippen molar-refractivity contribution in [2.75, 3.05) is 0 Å². The van der Waals surface area contributed by atoms with Crippen molar-refractivity contribution < 1.29 is 9.47 Å². The zero-order valence-electron chi connectivity index (χ0n) is 18.0. The molecular formula is C21H18Cl2N6O5. The van der Waals surface area contributed by atoms with Crippen molar-refractivity contribution in [3.63, 3.8) is 0 Å². The van der Waals surface area contributed by atoms with E-state index in [9.17, 15) is 14.4 Å². The van der Waals surface area contributed by atoms with Gasteiger partial charge in [0.25, 0.3) is 11.1 Å². The molecule has 1 aliphatic carbocycles. The molecule has 1 atom stereocenters. The Hall–Kier alpha value is -3.46. The fraction of sp³-hybridized carbons (Fsp3) is 0.333. The molecule has 2 aromatic heterocycles. The Balaban J connectivity index is 1.75. The van der Waals surface area contributed by atoms with Crippen molar-refractivity contribution in [2.24, 2.45) is 0 Å². The lowest BCUT2D eigenvalue weighted by atomic mass is 9.91. The van der Waals surface area contributed by atoms with Crippen LogP contribution in [0.4, 0.5) is 0 Å². The monoisotopic (exact) mass is 504 g/mol. The number of fused-ring (bicyclic) bond motifs is 1. The van der Waals surface area contributed by atoms with Crippen LogP contribution in [0.2, 0.25) is 10.0 Å². The summed E-state index contributed by atoms with van der Waals surface area (Å²) in [6.07, 6.45) is 1.56. The van der Waals surface area contributed by atoms with Gasteiger partial charge >= 0.3 is 5.69 Å². The molecule has 0 unspecified atom stereocenters. The van der Waals surface area contributed by atoms with Gasteiger partial charge in [-0.25, -0.2) is 9.89 Å². The number of rotatable bonds is 5. The zero-order chi connectivity index (χ0) is 24.6. The first-order valence-electron chi connectivity index (χ1n) is 10.3. The van der Waals surface area contributed by atoms with E-state index in [1.165, 1.54) is 12.1 Å². The molecule has 0 spiro atoms. The highest BCUT2D eigenvalue weighted by atomic mass is 35.5. The standard InChI is InChI=1S/C21H18Cl2N6O5/c1-9(2)33-15-5-3-4-11-16(15)19(31)26-27-20(11)34-17-12(22)6-10(7-13(17)23)29-21(32)25-18(30)14(8-24)28-29/h6-7,9,15H,3-5H2,1-2H3,(H,26,31)(H,25,30,32)/t15-/m0/s1. The van der Waals surface area contributed by atoms with Crippen LogP contribution in [0.5, 0.6) is 11.6 Å². The minimum absolute atomic E-state index is 0.00782. The fourth-order valence-electron chi connectivity index (χ4n) is 3.73. The van der Waals surface area contributed by atoms with E-state index in [-0.39, 0.29) is 39.0 Å². The molecule has 2 N–H and O–H groups in total. The molecule has 0 radical (unpaired) electrons. The molecule has 34 heavy (non-hydrogen) atoms. The largest absolute Gasteiger partial charge is 0.434 e. The number of nitrogens with zero attached hydrogens (tertiary/aromatic N) is 4. The van der Waals surface area contributed by atoms with Crippen molar-refractivity contribution in [1.29, 1.82) is 5.26 Å². The smallest absolute Gasteiger partial charge is 0.349 e. The van der Waals surface area contributed by atoms with Crippen molar-refractivity contribution >= 4 is 23.2 Å². The first kappa shape index (κ1) is 23.7. The van der Waals surface area contributed by atoms with E-state index in [1.807, 2.05) is 18.8 Å². The van der Waals surface area contributed by atoms with Gasteiger partial charge in [-0.1, -0.05) is 23.2 Å². The molecule has 0 saturated heterocycles. The number of nitrogens with one attached hydrogen (secondary N) is 2. The Bertz CT molecular complexity index is 1460. The lowest BCUT2D eigenvalue weighted by Crippen LogP contribution is -2.33. The topological polar surface area (TPSA) is 156 Å². The van der Waals surface area contributed by atoms with Crippen LogP contribution in [0.25, 0.3) is 5.69 Å². The van der Waals surface area contributed by atoms with Gasteiger partial charge < -0.3 is 9.47 Å². The molecule has 1 aromatic carbocycles. The number of hydrogen-bond acceptors (Lipinski definition) is 8. The van der Waals surface area contributed by atoms with Crippen LogP contribution in [-0.2, 0) is 11.2 Å². The highest BCUT2D eigenvalue weighted by Gasteiger charge is 2.29. The number of hydrogen-bond donors (Lipinski definition) is 2. The summed E-state index contributed by atoms with van der Waals surface area (Å²) in [4.78, 5) is 38.3. The van der Waals surface area contributed by atoms with Crippen molar-refractivity contribution in [2.45, 2.75) is 45.3 Å². The van der Waals surface area contributed by atoms with Crippen LogP contribution in [-0.4, -0.2) is 31.1 Å². The molecule has 11 nitrogen and oxygen atoms in total. The third-order valence-electron chi connectivity index (χ3n) is 5.10. The molecule has 1 aliphatic rings.